The maximum Gasteiger partial charge on any atom is 0.490 e. The quantitative estimate of drug-likeness (QED) is 0.464. The third-order valence-corrected chi connectivity index (χ3v) is 7.65. The van der Waals surface area contributed by atoms with E-state index >= 15 is 0 Å². The molecule has 2 aromatic rings. The highest BCUT2D eigenvalue weighted by Crippen LogP contribution is 2.40. The molecule has 2 fully saturated rings. The smallest absolute Gasteiger partial charge is 0.475 e. The average molecular weight is 522 g/mol. The molecular formula is C27H34F3N3O2S. The van der Waals surface area contributed by atoms with E-state index in [-0.39, 0.29) is 0 Å². The van der Waals surface area contributed by atoms with Gasteiger partial charge in [-0.25, -0.2) is 4.79 Å². The zero-order valence-corrected chi connectivity index (χ0v) is 21.7. The number of para-hydroxylation sites is 1. The maximum absolute atomic E-state index is 10.6. The number of piperidine rings is 1. The van der Waals surface area contributed by atoms with Crippen molar-refractivity contribution >= 4 is 34.6 Å². The molecule has 36 heavy (non-hydrogen) atoms. The first-order valence-electron chi connectivity index (χ1n) is 12.3. The zero-order valence-electron chi connectivity index (χ0n) is 20.9. The van der Waals surface area contributed by atoms with Crippen LogP contribution < -0.4 is 4.90 Å². The summed E-state index contributed by atoms with van der Waals surface area (Å²) >= 11 is 5.73. The summed E-state index contributed by atoms with van der Waals surface area (Å²) in [6.07, 6.45) is 0.0811. The molecule has 1 N–H and O–H groups in total. The summed E-state index contributed by atoms with van der Waals surface area (Å²) in [6.45, 7) is 6.22. The molecule has 9 heteroatoms. The van der Waals surface area contributed by atoms with E-state index in [0.717, 1.165) is 35.7 Å². The van der Waals surface area contributed by atoms with Gasteiger partial charge in [0.1, 0.15) is 4.99 Å². The monoisotopic (exact) mass is 521 g/mol. The van der Waals surface area contributed by atoms with Crippen LogP contribution in [0.15, 0.2) is 54.6 Å². The van der Waals surface area contributed by atoms with Crippen molar-refractivity contribution < 1.29 is 23.1 Å². The van der Waals surface area contributed by atoms with Gasteiger partial charge in [-0.2, -0.15) is 13.2 Å². The number of anilines is 2. The fraction of sp³-hybridized carbons (Fsp3) is 0.481. The number of carboxylic acids is 1. The summed E-state index contributed by atoms with van der Waals surface area (Å²) in [5.41, 5.74) is 3.71. The number of carbonyl (C=O) groups is 1. The molecule has 2 aromatic carbocycles. The largest absolute Gasteiger partial charge is 0.490 e. The van der Waals surface area contributed by atoms with Crippen molar-refractivity contribution in [2.24, 2.45) is 0 Å². The number of hydrogen-bond acceptors (Lipinski definition) is 4. The lowest BCUT2D eigenvalue weighted by molar-refractivity contribution is -0.192. The number of alkyl halides is 3. The van der Waals surface area contributed by atoms with Crippen molar-refractivity contribution in [1.29, 1.82) is 0 Å². The standard InChI is InChI=1S/C25H33N3S.C2HF3O2/c1-4-27(5-2)25(29)19-11-13-21(14-12-19)28(20-9-7-6-8-10-20)24-17-22-15-16-23(18-24)26(22)3;3-2(4,5)1(6)7/h6-14,22-24H,4-5,15-18H2,1-3H3;(H,6,7)/t22-,23+,24?;. The SMILES string of the molecule is CCN(CC)C(=S)c1ccc(N(c2ccccc2)C2C[C@H]3CC[C@@H](C2)N3C)cc1.O=C(O)C(F)(F)F. The van der Waals surface area contributed by atoms with Gasteiger partial charge in [0.25, 0.3) is 0 Å². The van der Waals surface area contributed by atoms with Crippen LogP contribution in [0.25, 0.3) is 0 Å². The van der Waals surface area contributed by atoms with Crippen molar-refractivity contribution in [3.63, 3.8) is 0 Å². The minimum atomic E-state index is -5.08. The summed E-state index contributed by atoms with van der Waals surface area (Å²) in [4.78, 5) is 17.3. The second-order valence-corrected chi connectivity index (χ2v) is 9.60. The number of nitrogens with zero attached hydrogens (tertiary/aromatic N) is 3. The van der Waals surface area contributed by atoms with Crippen molar-refractivity contribution in [1.82, 2.24) is 9.80 Å². The fourth-order valence-corrected chi connectivity index (χ4v) is 5.61. The molecule has 2 saturated heterocycles. The molecule has 0 radical (unpaired) electrons. The van der Waals surface area contributed by atoms with Crippen LogP contribution in [0.3, 0.4) is 0 Å². The Kier molecular flexibility index (Phi) is 9.35. The number of halogens is 3. The second-order valence-electron chi connectivity index (χ2n) is 9.21. The molecule has 2 heterocycles. The van der Waals surface area contributed by atoms with E-state index in [2.05, 4.69) is 90.2 Å². The van der Waals surface area contributed by atoms with Gasteiger partial charge in [-0.15, -0.1) is 0 Å². The van der Waals surface area contributed by atoms with Crippen LogP contribution in [0, 0.1) is 0 Å². The van der Waals surface area contributed by atoms with Crippen molar-refractivity contribution in [3.05, 3.63) is 60.2 Å². The summed E-state index contributed by atoms with van der Waals surface area (Å²) in [5.74, 6) is -2.76. The third-order valence-electron chi connectivity index (χ3n) is 7.16. The summed E-state index contributed by atoms with van der Waals surface area (Å²) < 4.78 is 31.7. The zero-order chi connectivity index (χ0) is 26.5. The lowest BCUT2D eigenvalue weighted by Crippen LogP contribution is -2.47. The summed E-state index contributed by atoms with van der Waals surface area (Å²) in [6, 6.07) is 21.8. The first-order chi connectivity index (χ1) is 17.1. The summed E-state index contributed by atoms with van der Waals surface area (Å²) in [7, 11) is 2.31. The Hall–Kier alpha value is -2.65. The van der Waals surface area contributed by atoms with Gasteiger partial charge in [-0.1, -0.05) is 30.4 Å². The van der Waals surface area contributed by atoms with E-state index in [0.29, 0.717) is 6.04 Å². The van der Waals surface area contributed by atoms with Gasteiger partial charge in [0.15, 0.2) is 0 Å². The van der Waals surface area contributed by atoms with E-state index in [9.17, 15) is 13.2 Å². The summed E-state index contributed by atoms with van der Waals surface area (Å²) in [5, 5.41) is 7.12. The average Bonchev–Trinajstić information content (AvgIpc) is 3.05. The Morgan fingerprint density at radius 3 is 1.89 bits per heavy atom. The van der Waals surface area contributed by atoms with Crippen LogP contribution in [-0.4, -0.2) is 70.3 Å². The Morgan fingerprint density at radius 2 is 1.44 bits per heavy atom. The van der Waals surface area contributed by atoms with Crippen molar-refractivity contribution in [2.75, 3.05) is 25.0 Å². The molecule has 0 aromatic heterocycles. The molecule has 0 amide bonds. The van der Waals surface area contributed by atoms with Gasteiger partial charge >= 0.3 is 12.1 Å². The predicted octanol–water partition coefficient (Wildman–Crippen LogP) is 6.10. The molecule has 0 saturated carbocycles. The van der Waals surface area contributed by atoms with Crippen molar-refractivity contribution in [3.8, 4) is 0 Å². The molecular weight excluding hydrogens is 487 g/mol. The first-order valence-corrected chi connectivity index (χ1v) is 12.7. The highest BCUT2D eigenvalue weighted by Gasteiger charge is 2.41. The number of fused-ring (bicyclic) bond motifs is 2. The third kappa shape index (κ3) is 6.56. The second kappa shape index (κ2) is 12.1. The lowest BCUT2D eigenvalue weighted by Gasteiger charge is -2.43. The van der Waals surface area contributed by atoms with Crippen molar-refractivity contribution in [2.45, 2.75) is 63.8 Å². The van der Waals surface area contributed by atoms with Gasteiger partial charge in [-0.3, -0.25) is 0 Å². The van der Waals surface area contributed by atoms with E-state index in [1.165, 1.54) is 37.1 Å². The molecule has 4 rings (SSSR count). The molecule has 2 aliphatic heterocycles. The fourth-order valence-electron chi connectivity index (χ4n) is 5.21. The normalized spacial score (nSPS) is 21.3. The lowest BCUT2D eigenvalue weighted by atomic mass is 9.95. The van der Waals surface area contributed by atoms with Crippen LogP contribution in [0.5, 0.6) is 0 Å². The number of thiocarbonyl (C=S) groups is 1. The van der Waals surface area contributed by atoms with Gasteiger partial charge in [0.2, 0.25) is 0 Å². The Balaban J connectivity index is 0.000000454. The Labute approximate surface area is 216 Å². The first kappa shape index (κ1) is 27.9. The van der Waals surface area contributed by atoms with E-state index < -0.39 is 12.1 Å². The predicted molar refractivity (Wildman–Crippen MR) is 141 cm³/mol. The Bertz CT molecular complexity index is 999. The topological polar surface area (TPSA) is 47.0 Å². The number of benzene rings is 2. The molecule has 0 aliphatic carbocycles. The van der Waals surface area contributed by atoms with Crippen LogP contribution in [0.1, 0.15) is 45.1 Å². The minimum absolute atomic E-state index is 0.548. The molecule has 5 nitrogen and oxygen atoms in total. The van der Waals surface area contributed by atoms with Crippen LogP contribution >= 0.6 is 12.2 Å². The van der Waals surface area contributed by atoms with E-state index in [1.807, 2.05) is 0 Å². The Morgan fingerprint density at radius 1 is 0.972 bits per heavy atom. The molecule has 2 aliphatic rings. The van der Waals surface area contributed by atoms with Gasteiger partial charge in [0, 0.05) is 48.2 Å². The highest BCUT2D eigenvalue weighted by molar-refractivity contribution is 7.80. The number of carboxylic acid groups (broad SMARTS) is 1. The minimum Gasteiger partial charge on any atom is -0.475 e. The maximum atomic E-state index is 10.6. The van der Waals surface area contributed by atoms with Crippen LogP contribution in [0.2, 0.25) is 0 Å². The molecule has 2 bridgehead atoms. The number of rotatable bonds is 6. The molecule has 1 unspecified atom stereocenters. The van der Waals surface area contributed by atoms with Crippen LogP contribution in [0.4, 0.5) is 24.5 Å². The molecule has 0 spiro atoms. The van der Waals surface area contributed by atoms with Gasteiger partial charge in [0.05, 0.1) is 0 Å². The number of aliphatic carboxylic acids is 1. The highest BCUT2D eigenvalue weighted by atomic mass is 32.1. The van der Waals surface area contributed by atoms with E-state index in [4.69, 9.17) is 22.1 Å². The van der Waals surface area contributed by atoms with Crippen LogP contribution in [-0.2, 0) is 4.79 Å². The number of hydrogen-bond donors (Lipinski definition) is 1. The van der Waals surface area contributed by atoms with E-state index in [1.54, 1.807) is 0 Å². The van der Waals surface area contributed by atoms with Gasteiger partial charge in [-0.05, 0) is 83.0 Å². The van der Waals surface area contributed by atoms with Gasteiger partial charge < -0.3 is 19.8 Å². The molecule has 196 valence electrons. The molecule has 3 atom stereocenters.